The lowest BCUT2D eigenvalue weighted by molar-refractivity contribution is -0.167. The van der Waals surface area contributed by atoms with Crippen LogP contribution in [0.15, 0.2) is 72.9 Å². The second-order valence-corrected chi connectivity index (χ2v) is 17.0. The van der Waals surface area contributed by atoms with Gasteiger partial charge in [0, 0.05) is 19.3 Å². The van der Waals surface area contributed by atoms with Gasteiger partial charge in [-0.1, -0.05) is 190 Å². The third-order valence-electron chi connectivity index (χ3n) is 10.9. The van der Waals surface area contributed by atoms with Crippen LogP contribution in [-0.2, 0) is 28.6 Å². The summed E-state index contributed by atoms with van der Waals surface area (Å²) in [5.74, 6) is -0.935. The summed E-state index contributed by atoms with van der Waals surface area (Å²) in [6, 6.07) is 0. The molecule has 1 unspecified atom stereocenters. The number of hydrogen-bond acceptors (Lipinski definition) is 6. The van der Waals surface area contributed by atoms with Gasteiger partial charge in [-0.25, -0.2) is 0 Å². The van der Waals surface area contributed by atoms with E-state index in [2.05, 4.69) is 93.7 Å². The summed E-state index contributed by atoms with van der Waals surface area (Å²) in [5, 5.41) is 0. The second-order valence-electron chi connectivity index (χ2n) is 17.0. The minimum atomic E-state index is -0.794. The molecule has 0 saturated carbocycles. The molecule has 0 saturated heterocycles. The van der Waals surface area contributed by atoms with Gasteiger partial charge in [-0.2, -0.15) is 0 Å². The molecule has 0 aliphatic carbocycles. The number of ether oxygens (including phenoxy) is 3. The summed E-state index contributed by atoms with van der Waals surface area (Å²) >= 11 is 0. The van der Waals surface area contributed by atoms with Gasteiger partial charge in [0.1, 0.15) is 13.2 Å². The highest BCUT2D eigenvalue weighted by Crippen LogP contribution is 2.14. The highest BCUT2D eigenvalue weighted by Gasteiger charge is 2.19. The van der Waals surface area contributed by atoms with Crippen LogP contribution >= 0.6 is 0 Å². The predicted molar refractivity (Wildman–Crippen MR) is 265 cm³/mol. The van der Waals surface area contributed by atoms with Gasteiger partial charge < -0.3 is 14.2 Å². The lowest BCUT2D eigenvalue weighted by Crippen LogP contribution is -2.30. The summed E-state index contributed by atoms with van der Waals surface area (Å²) in [5.41, 5.74) is 0. The van der Waals surface area contributed by atoms with Crippen LogP contribution in [0.25, 0.3) is 0 Å². The van der Waals surface area contributed by atoms with Gasteiger partial charge in [0.2, 0.25) is 0 Å². The molecule has 356 valence electrons. The summed E-state index contributed by atoms with van der Waals surface area (Å²) in [7, 11) is 0. The quantitative estimate of drug-likeness (QED) is 0.0262. The summed E-state index contributed by atoms with van der Waals surface area (Å²) < 4.78 is 16.8. The fourth-order valence-electron chi connectivity index (χ4n) is 7.01. The molecule has 0 amide bonds. The predicted octanol–water partition coefficient (Wildman–Crippen LogP) is 17.0. The van der Waals surface area contributed by atoms with E-state index < -0.39 is 6.10 Å². The van der Waals surface area contributed by atoms with E-state index in [0.29, 0.717) is 19.3 Å². The van der Waals surface area contributed by atoms with Crippen LogP contribution < -0.4 is 0 Å². The second kappa shape index (κ2) is 50.5. The molecule has 0 N–H and O–H groups in total. The van der Waals surface area contributed by atoms with E-state index in [1.807, 2.05) is 0 Å². The van der Waals surface area contributed by atoms with E-state index in [9.17, 15) is 14.4 Å². The van der Waals surface area contributed by atoms with E-state index >= 15 is 0 Å². The Kier molecular flexibility index (Phi) is 47.9. The van der Waals surface area contributed by atoms with Crippen LogP contribution in [0.4, 0.5) is 0 Å². The van der Waals surface area contributed by atoms with E-state index in [1.54, 1.807) is 0 Å². The Labute approximate surface area is 382 Å². The number of hydrogen-bond donors (Lipinski definition) is 0. The molecule has 0 aliphatic heterocycles. The van der Waals surface area contributed by atoms with Gasteiger partial charge in [-0.15, -0.1) is 0 Å². The number of unbranched alkanes of at least 4 members (excludes halogenated alkanes) is 23. The number of esters is 3. The maximum absolute atomic E-state index is 12.8. The van der Waals surface area contributed by atoms with Crippen molar-refractivity contribution in [1.29, 1.82) is 0 Å². The zero-order valence-corrected chi connectivity index (χ0v) is 40.6. The van der Waals surface area contributed by atoms with Crippen molar-refractivity contribution in [2.75, 3.05) is 13.2 Å². The SMILES string of the molecule is CC/C=C\C/C=C\C/C=C\CCCCCC(=O)OC(COC(=O)CCCCCCC/C=C\CCCCC)COC(=O)CCCCCCCCCCC/C=C\C/C=C\CCCCC. The molecule has 0 radical (unpaired) electrons. The molecule has 0 fully saturated rings. The average molecular weight is 865 g/mol. The minimum absolute atomic E-state index is 0.0923. The standard InChI is InChI=1S/C56H96O6/c1-4-7-10-13-16-19-22-25-26-27-28-29-30-32-34-37-40-43-46-49-55(58)61-52-53(51-60-54(57)48-45-42-39-36-33-24-21-18-15-12-9-6-3)62-56(59)50-47-44-41-38-35-31-23-20-17-14-11-8-5-2/h8,11,16-21,25-26,31,35,53H,4-7,9-10,12-15,22-24,27-30,32-34,36-52H2,1-3H3/b11-8-,19-16-,20-17-,21-18-,26-25-,35-31-. The molecule has 62 heavy (non-hydrogen) atoms. The Morgan fingerprint density at radius 3 is 1.02 bits per heavy atom. The Balaban J connectivity index is 4.38. The van der Waals surface area contributed by atoms with E-state index in [4.69, 9.17) is 14.2 Å². The van der Waals surface area contributed by atoms with Crippen molar-refractivity contribution in [3.05, 3.63) is 72.9 Å². The van der Waals surface area contributed by atoms with Crippen molar-refractivity contribution >= 4 is 17.9 Å². The summed E-state index contributed by atoms with van der Waals surface area (Å²) in [6.45, 7) is 6.44. The lowest BCUT2D eigenvalue weighted by Gasteiger charge is -2.18. The molecule has 1 atom stereocenters. The van der Waals surface area contributed by atoms with Crippen molar-refractivity contribution in [1.82, 2.24) is 0 Å². The van der Waals surface area contributed by atoms with Crippen LogP contribution in [-0.4, -0.2) is 37.2 Å². The average Bonchev–Trinajstić information content (AvgIpc) is 3.27. The first-order valence-electron chi connectivity index (χ1n) is 25.9. The molecular formula is C56H96O6. The number of carbonyl (C=O) groups is 3. The fraction of sp³-hybridized carbons (Fsp3) is 0.732. The van der Waals surface area contributed by atoms with Gasteiger partial charge >= 0.3 is 17.9 Å². The maximum Gasteiger partial charge on any atom is 0.306 e. The van der Waals surface area contributed by atoms with Crippen LogP contribution in [0, 0.1) is 0 Å². The molecule has 0 aromatic carbocycles. The number of rotatable bonds is 46. The van der Waals surface area contributed by atoms with Crippen molar-refractivity contribution in [3.8, 4) is 0 Å². The molecule has 0 bridgehead atoms. The minimum Gasteiger partial charge on any atom is -0.462 e. The first kappa shape index (κ1) is 58.9. The van der Waals surface area contributed by atoms with Crippen molar-refractivity contribution in [2.45, 2.75) is 252 Å². The third-order valence-corrected chi connectivity index (χ3v) is 10.9. The zero-order valence-electron chi connectivity index (χ0n) is 40.6. The van der Waals surface area contributed by atoms with E-state index in [0.717, 1.165) is 96.3 Å². The van der Waals surface area contributed by atoms with Crippen LogP contribution in [0.5, 0.6) is 0 Å². The van der Waals surface area contributed by atoms with Crippen molar-refractivity contribution in [3.63, 3.8) is 0 Å². The van der Waals surface area contributed by atoms with Gasteiger partial charge in [-0.3, -0.25) is 14.4 Å². The first-order valence-corrected chi connectivity index (χ1v) is 25.9. The largest absolute Gasteiger partial charge is 0.462 e. The zero-order chi connectivity index (χ0) is 45.1. The van der Waals surface area contributed by atoms with Crippen LogP contribution in [0.1, 0.15) is 245 Å². The first-order chi connectivity index (χ1) is 30.5. The van der Waals surface area contributed by atoms with Crippen molar-refractivity contribution in [2.24, 2.45) is 0 Å². The molecule has 0 heterocycles. The highest BCUT2D eigenvalue weighted by atomic mass is 16.6. The molecule has 6 nitrogen and oxygen atoms in total. The van der Waals surface area contributed by atoms with Crippen molar-refractivity contribution < 1.29 is 28.6 Å². The maximum atomic E-state index is 12.8. The molecule has 0 aromatic heterocycles. The molecular weight excluding hydrogens is 769 g/mol. The monoisotopic (exact) mass is 865 g/mol. The van der Waals surface area contributed by atoms with E-state index in [1.165, 1.54) is 109 Å². The van der Waals surface area contributed by atoms with E-state index in [-0.39, 0.29) is 31.1 Å². The summed E-state index contributed by atoms with van der Waals surface area (Å²) in [6.07, 6.45) is 63.1. The van der Waals surface area contributed by atoms with Gasteiger partial charge in [-0.05, 0) is 109 Å². The fourth-order valence-corrected chi connectivity index (χ4v) is 7.01. The van der Waals surface area contributed by atoms with Gasteiger partial charge in [0.05, 0.1) is 0 Å². The molecule has 6 heteroatoms. The topological polar surface area (TPSA) is 78.9 Å². The number of allylic oxidation sites excluding steroid dienone is 12. The Bertz CT molecular complexity index is 1180. The van der Waals surface area contributed by atoms with Crippen LogP contribution in [0.2, 0.25) is 0 Å². The van der Waals surface area contributed by atoms with Gasteiger partial charge in [0.25, 0.3) is 0 Å². The molecule has 0 aromatic rings. The molecule has 0 spiro atoms. The summed E-state index contributed by atoms with van der Waals surface area (Å²) in [4.78, 5) is 37.9. The Hall–Kier alpha value is -3.15. The Morgan fingerprint density at radius 2 is 0.629 bits per heavy atom. The lowest BCUT2D eigenvalue weighted by atomic mass is 10.1. The smallest absolute Gasteiger partial charge is 0.306 e. The van der Waals surface area contributed by atoms with Crippen LogP contribution in [0.3, 0.4) is 0 Å². The molecule has 0 aliphatic rings. The van der Waals surface area contributed by atoms with Gasteiger partial charge in [0.15, 0.2) is 6.10 Å². The Morgan fingerprint density at radius 1 is 0.339 bits per heavy atom. The normalized spacial score (nSPS) is 12.6. The molecule has 0 rings (SSSR count). The number of carbonyl (C=O) groups excluding carboxylic acids is 3. The highest BCUT2D eigenvalue weighted by molar-refractivity contribution is 5.71. The third kappa shape index (κ3) is 47.9.